The second kappa shape index (κ2) is 45.8. The van der Waals surface area contributed by atoms with Crippen LogP contribution in [0.4, 0.5) is 17.1 Å². The number of carbonyl (C=O) groups excluding carboxylic acids is 5. The van der Waals surface area contributed by atoms with E-state index in [2.05, 4.69) is 48.1 Å². The topological polar surface area (TPSA) is 341 Å². The number of para-hydroxylation sites is 1. The summed E-state index contributed by atoms with van der Waals surface area (Å²) in [5.41, 5.74) is 13.3. The van der Waals surface area contributed by atoms with Gasteiger partial charge in [0.05, 0.1) is 64.0 Å². The fourth-order valence-electron chi connectivity index (χ4n) is 11.9. The van der Waals surface area contributed by atoms with Crippen LogP contribution in [0.2, 0.25) is 0 Å². The highest BCUT2D eigenvalue weighted by Crippen LogP contribution is 2.42. The SMILES string of the molecule is CCC(C)(C)C(=O)OCCOc1ccc(C(=O)c2ccccc2)c(O)c1.CCC(C)(C)C(=O)OCCc1cc(N=Nc2ccccc2N)c(O)c(C(C)(C)C)c1.CCC(C)COc1ccc(C(=O)c2ccccc2)c(O)c1.CCCCCCOc1ccc(-c2nc(-c3ccc(OCOC(=O)C(C)(C)CC)cc3O)nc(-c3c(C)cc(C)cc3C)n2)c(O)c1. The van der Waals surface area contributed by atoms with Crippen LogP contribution in [0.5, 0.6) is 51.7 Å². The van der Waals surface area contributed by atoms with Gasteiger partial charge < -0.3 is 64.4 Å². The minimum atomic E-state index is -0.617. The molecule has 0 spiro atoms. The Morgan fingerprint density at radius 1 is 0.439 bits per heavy atom. The summed E-state index contributed by atoms with van der Waals surface area (Å²) in [6.07, 6.45) is 7.95. The standard InChI is InChI=1S/C37H45N3O6.C24H33N3O3.C21H24O5.C18H20O3/c1-8-10-11-12-17-44-26-13-15-28(30(41)20-26)33-38-34(40-35(39-33)32-24(4)18-23(3)19-25(32)5)29-16-14-27(21-31(29)42)45-22-46-36(43)37(6,7)9-2;1-7-24(5,6)22(29)30-13-12-16-14-17(23(2,3)4)21(28)20(15-16)27-26-19-11-9-8-10-18(19)25;1-4-21(2,3)20(24)26-13-12-25-16-10-11-17(18(22)14-16)19(23)15-8-6-5-7-9-15;1-3-13(2)12-21-15-9-10-16(17(19)11-15)18(20)14-7-5-4-6-8-14/h13-16,18-21,41-42H,8-12,17,22H2,1-7H3;8-11,14-15,28H,7,12-13,25H2,1-6H3;5-11,14,22H,4,12-13H2,1-3H3;4-11,13,19H,3,12H2,1-2H3. The van der Waals surface area contributed by atoms with Crippen molar-refractivity contribution in [2.75, 3.05) is 45.6 Å². The summed E-state index contributed by atoms with van der Waals surface area (Å²) in [5, 5.41) is 61.5. The van der Waals surface area contributed by atoms with Crippen LogP contribution in [0.1, 0.15) is 215 Å². The van der Waals surface area contributed by atoms with Crippen LogP contribution in [-0.4, -0.2) is 110 Å². The molecule has 0 saturated heterocycles. The van der Waals surface area contributed by atoms with E-state index in [4.69, 9.17) is 48.9 Å². The van der Waals surface area contributed by atoms with Crippen molar-refractivity contribution in [1.29, 1.82) is 0 Å². The molecule has 9 aromatic carbocycles. The number of aromatic hydroxyl groups is 5. The monoisotopic (exact) mass is 1680 g/mol. The number of rotatable bonds is 35. The highest BCUT2D eigenvalue weighted by atomic mass is 16.7. The molecule has 10 rings (SSSR count). The lowest BCUT2D eigenvalue weighted by molar-refractivity contribution is -0.161. The number of aryl methyl sites for hydroxylation is 3. The minimum absolute atomic E-state index is 0.0275. The fraction of sp³-hybridized carbons (Fsp3) is 0.380. The minimum Gasteiger partial charge on any atom is -0.507 e. The van der Waals surface area contributed by atoms with Crippen LogP contribution < -0.4 is 24.7 Å². The van der Waals surface area contributed by atoms with Gasteiger partial charge in [-0.3, -0.25) is 24.0 Å². The number of ether oxygens (including phenoxy) is 7. The van der Waals surface area contributed by atoms with Crippen LogP contribution in [0.3, 0.4) is 0 Å². The molecule has 0 fully saturated rings. The van der Waals surface area contributed by atoms with Crippen molar-refractivity contribution in [3.63, 3.8) is 0 Å². The van der Waals surface area contributed by atoms with Crippen molar-refractivity contribution < 1.29 is 82.7 Å². The smallest absolute Gasteiger partial charge is 0.314 e. The third-order valence-electron chi connectivity index (χ3n) is 21.0. The predicted octanol–water partition coefficient (Wildman–Crippen LogP) is 22.7. The van der Waals surface area contributed by atoms with E-state index in [1.807, 2.05) is 134 Å². The van der Waals surface area contributed by atoms with Crippen molar-refractivity contribution in [2.45, 2.75) is 188 Å². The number of aromatic nitrogens is 3. The van der Waals surface area contributed by atoms with Crippen molar-refractivity contribution in [3.8, 4) is 85.9 Å². The fourth-order valence-corrected chi connectivity index (χ4v) is 11.9. The number of anilines is 1. The maximum atomic E-state index is 12.4. The molecule has 10 aromatic rings. The number of phenols is 5. The highest BCUT2D eigenvalue weighted by Gasteiger charge is 2.31. The number of benzene rings is 9. The molecule has 0 bridgehead atoms. The van der Waals surface area contributed by atoms with Gasteiger partial charge in [-0.15, -0.1) is 10.2 Å². The normalized spacial score (nSPS) is 11.6. The Morgan fingerprint density at radius 2 is 0.878 bits per heavy atom. The van der Waals surface area contributed by atoms with E-state index in [0.717, 1.165) is 65.5 Å². The molecule has 1 aromatic heterocycles. The molecule has 0 radical (unpaired) electrons. The first-order valence-corrected chi connectivity index (χ1v) is 41.9. The number of esters is 3. The average Bonchev–Trinajstić information content (AvgIpc) is 0.779. The number of unbranched alkanes of at least 4 members (excludes halogenated alkanes) is 3. The average molecular weight is 1680 g/mol. The zero-order valence-corrected chi connectivity index (χ0v) is 74.5. The van der Waals surface area contributed by atoms with Crippen LogP contribution in [-0.2, 0) is 40.4 Å². The van der Waals surface area contributed by atoms with Crippen molar-refractivity contribution in [3.05, 3.63) is 232 Å². The summed E-state index contributed by atoms with van der Waals surface area (Å²) in [6.45, 7) is 36.7. The maximum Gasteiger partial charge on any atom is 0.314 e. The van der Waals surface area contributed by atoms with Gasteiger partial charge in [0.15, 0.2) is 29.0 Å². The number of nitrogens with two attached hydrogens (primary N) is 1. The quantitative estimate of drug-likeness (QED) is 0.00409. The number of hydrogen-bond acceptors (Lipinski definition) is 23. The summed E-state index contributed by atoms with van der Waals surface area (Å²) in [7, 11) is 0. The molecule has 23 nitrogen and oxygen atoms in total. The van der Waals surface area contributed by atoms with Gasteiger partial charge in [0.1, 0.15) is 76.3 Å². The zero-order valence-electron chi connectivity index (χ0n) is 74.5. The molecule has 0 aliphatic rings. The van der Waals surface area contributed by atoms with Crippen LogP contribution in [0, 0.1) is 42.9 Å². The lowest BCUT2D eigenvalue weighted by atomic mass is 9.84. The van der Waals surface area contributed by atoms with Gasteiger partial charge in [0.25, 0.3) is 0 Å². The Morgan fingerprint density at radius 3 is 1.35 bits per heavy atom. The van der Waals surface area contributed by atoms with E-state index < -0.39 is 16.2 Å². The van der Waals surface area contributed by atoms with E-state index in [9.17, 15) is 49.5 Å². The van der Waals surface area contributed by atoms with Crippen LogP contribution in [0.15, 0.2) is 192 Å². The van der Waals surface area contributed by atoms with E-state index in [1.165, 1.54) is 24.3 Å². The Balaban J connectivity index is 0.000000236. The molecule has 123 heavy (non-hydrogen) atoms. The molecule has 7 N–H and O–H groups in total. The molecule has 0 aliphatic heterocycles. The second-order valence-electron chi connectivity index (χ2n) is 33.2. The van der Waals surface area contributed by atoms with E-state index in [1.54, 1.807) is 115 Å². The van der Waals surface area contributed by atoms with E-state index >= 15 is 0 Å². The molecule has 1 atom stereocenters. The lowest BCUT2D eigenvalue weighted by Crippen LogP contribution is -2.27. The highest BCUT2D eigenvalue weighted by molar-refractivity contribution is 6.11. The van der Waals surface area contributed by atoms with E-state index in [-0.39, 0.29) is 113 Å². The Labute approximate surface area is 724 Å². The number of carbonyl (C=O) groups is 5. The molecule has 23 heteroatoms. The summed E-state index contributed by atoms with van der Waals surface area (Å²) in [4.78, 5) is 75.3. The van der Waals surface area contributed by atoms with Gasteiger partial charge in [-0.25, -0.2) is 15.0 Å². The number of phenolic OH excluding ortho intramolecular Hbond substituents is 5. The first-order chi connectivity index (χ1) is 58.3. The van der Waals surface area contributed by atoms with Gasteiger partial charge >= 0.3 is 17.9 Å². The summed E-state index contributed by atoms with van der Waals surface area (Å²) in [6, 6.07) is 51.8. The lowest BCUT2D eigenvalue weighted by Gasteiger charge is -2.23. The predicted molar refractivity (Wildman–Crippen MR) is 481 cm³/mol. The van der Waals surface area contributed by atoms with Crippen molar-refractivity contribution >= 4 is 46.5 Å². The van der Waals surface area contributed by atoms with Crippen LogP contribution in [0.25, 0.3) is 34.2 Å². The third-order valence-corrected chi connectivity index (χ3v) is 21.0. The van der Waals surface area contributed by atoms with Crippen molar-refractivity contribution in [1.82, 2.24) is 15.0 Å². The molecule has 1 heterocycles. The van der Waals surface area contributed by atoms with Gasteiger partial charge in [0, 0.05) is 52.9 Å². The molecule has 0 amide bonds. The molecule has 654 valence electrons. The Bertz CT molecular complexity index is 5210. The third kappa shape index (κ3) is 28.7. The van der Waals surface area contributed by atoms with E-state index in [0.29, 0.717) is 113 Å². The molecule has 0 saturated carbocycles. The van der Waals surface area contributed by atoms with Gasteiger partial charge in [-0.05, 0) is 183 Å². The summed E-state index contributed by atoms with van der Waals surface area (Å²) < 4.78 is 38.5. The summed E-state index contributed by atoms with van der Waals surface area (Å²) in [5.74, 6) is 1.63. The van der Waals surface area contributed by atoms with Crippen molar-refractivity contribution in [2.24, 2.45) is 32.4 Å². The Kier molecular flexibility index (Phi) is 36.3. The molecule has 0 aliphatic carbocycles. The number of nitrogens with zero attached hydrogens (tertiary/aromatic N) is 5. The van der Waals surface area contributed by atoms with Gasteiger partial charge in [0.2, 0.25) is 6.79 Å². The number of hydrogen-bond donors (Lipinski definition) is 6. The first-order valence-electron chi connectivity index (χ1n) is 41.9. The second-order valence-corrected chi connectivity index (χ2v) is 33.2. The summed E-state index contributed by atoms with van der Waals surface area (Å²) >= 11 is 0. The molecular weight excluding hydrogens is 1560 g/mol. The Hall–Kier alpha value is -12.7. The maximum absolute atomic E-state index is 12.4. The number of nitrogen functional groups attached to an aromatic ring is 1. The molecular formula is C100H122N6O17. The van der Waals surface area contributed by atoms with Crippen LogP contribution >= 0.6 is 0 Å². The largest absolute Gasteiger partial charge is 0.507 e. The van der Waals surface area contributed by atoms with Gasteiger partial charge in [-0.1, -0.05) is 185 Å². The number of ketones is 2. The zero-order chi connectivity index (χ0) is 90.4. The number of azo groups is 1. The van der Waals surface area contributed by atoms with Gasteiger partial charge in [-0.2, -0.15) is 0 Å². The first kappa shape index (κ1) is 97.5. The molecule has 1 unspecified atom stereocenters.